The minimum Gasteiger partial charge on any atom is -0.481 e. The molecule has 0 amide bonds. The molecule has 0 saturated heterocycles. The first-order chi connectivity index (χ1) is 33.0. The van der Waals surface area contributed by atoms with E-state index in [0.29, 0.717) is 0 Å². The molecule has 7 N–H and O–H groups in total. The molecular weight excluding hydrogens is 1210 g/mol. The van der Waals surface area contributed by atoms with Crippen LogP contribution in [0.5, 0.6) is 0 Å². The van der Waals surface area contributed by atoms with Crippen LogP contribution in [0.25, 0.3) is 0 Å². The maximum atomic E-state index is 10.4. The number of carboxylic acids is 7. The largest absolute Gasteiger partial charge is 0.481 e. The van der Waals surface area contributed by atoms with Gasteiger partial charge in [-0.2, -0.15) is 0 Å². The molecule has 0 spiro atoms. The average Bonchev–Trinajstić information content (AvgIpc) is 3.31. The second kappa shape index (κ2) is 72.2. The average molecular weight is 1320 g/mol. The molecule has 0 aliphatic rings. The number of hydrogen-bond acceptors (Lipinski definition) is 7. The summed E-state index contributed by atoms with van der Waals surface area (Å²) in [6.45, 7) is 28.0. The van der Waals surface area contributed by atoms with E-state index in [1.165, 1.54) is 0 Å². The first-order valence-corrected chi connectivity index (χ1v) is 27.6. The van der Waals surface area contributed by atoms with E-state index in [-0.39, 0.29) is 99.9 Å². The molecule has 7 atom stereocenters. The summed E-state index contributed by atoms with van der Waals surface area (Å²) in [5, 5.41) is 60.2. The van der Waals surface area contributed by atoms with Crippen molar-refractivity contribution in [1.29, 1.82) is 0 Å². The monoisotopic (exact) mass is 1320 g/mol. The summed E-state index contributed by atoms with van der Waals surface area (Å²) in [7, 11) is 0. The van der Waals surface area contributed by atoms with Crippen LogP contribution in [0.2, 0.25) is 0 Å². The summed E-state index contributed by atoms with van der Waals surface area (Å²) in [5.74, 6) is -5.28. The van der Waals surface area contributed by atoms with Gasteiger partial charge in [0.1, 0.15) is 0 Å². The van der Waals surface area contributed by atoms with Gasteiger partial charge < -0.3 is 35.7 Å². The van der Waals surface area contributed by atoms with Crippen LogP contribution in [0, 0.1) is 41.4 Å². The van der Waals surface area contributed by atoms with Gasteiger partial charge in [-0.3, -0.25) is 33.6 Å². The van der Waals surface area contributed by atoms with E-state index in [4.69, 9.17) is 35.7 Å². The van der Waals surface area contributed by atoms with Crippen LogP contribution >= 0.6 is 0 Å². The molecular formula is C56H112O14Rh3. The minimum absolute atomic E-state index is 0. The maximum Gasteiger partial charge on any atom is 0.306 e. The van der Waals surface area contributed by atoms with Crippen molar-refractivity contribution in [2.45, 2.75) is 277 Å². The van der Waals surface area contributed by atoms with Crippen LogP contribution in [0.15, 0.2) is 0 Å². The van der Waals surface area contributed by atoms with Crippen molar-refractivity contribution in [2.75, 3.05) is 0 Å². The molecule has 0 aliphatic carbocycles. The van der Waals surface area contributed by atoms with E-state index in [0.717, 1.165) is 180 Å². The zero-order chi connectivity index (χ0) is 55.9. The van der Waals surface area contributed by atoms with Crippen molar-refractivity contribution in [3.63, 3.8) is 0 Å². The quantitative estimate of drug-likeness (QED) is 0.0291. The first kappa shape index (κ1) is 93.6. The van der Waals surface area contributed by atoms with Gasteiger partial charge >= 0.3 is 41.8 Å². The van der Waals surface area contributed by atoms with E-state index in [2.05, 4.69) is 48.5 Å². The second-order valence-electron chi connectivity index (χ2n) is 18.1. The van der Waals surface area contributed by atoms with E-state index < -0.39 is 41.8 Å². The summed E-state index contributed by atoms with van der Waals surface area (Å²) in [6, 6.07) is 0. The van der Waals surface area contributed by atoms with Crippen LogP contribution < -0.4 is 0 Å². The van der Waals surface area contributed by atoms with Crippen molar-refractivity contribution in [3.05, 3.63) is 0 Å². The predicted molar refractivity (Wildman–Crippen MR) is 287 cm³/mol. The molecule has 447 valence electrons. The molecule has 0 rings (SSSR count). The molecule has 7 unspecified atom stereocenters. The maximum absolute atomic E-state index is 10.4. The van der Waals surface area contributed by atoms with Crippen LogP contribution in [-0.4, -0.2) is 77.5 Å². The Morgan fingerprint density at radius 1 is 0.219 bits per heavy atom. The third kappa shape index (κ3) is 70.2. The van der Waals surface area contributed by atoms with Gasteiger partial charge in [0, 0.05) is 58.4 Å². The van der Waals surface area contributed by atoms with Gasteiger partial charge in [-0.1, -0.05) is 187 Å². The number of carbonyl (C=O) groups is 7. The Bertz CT molecular complexity index is 970. The molecule has 17 heteroatoms. The number of rotatable bonds is 35. The molecule has 0 heterocycles. The standard InChI is InChI=1S/7C8H16O2.3Rh/c7*1-3-5-6-7(4-2)8(9)10;;;/h7*7H,3-6H2,1-2H3,(H,9,10);;;. The zero-order valence-electron chi connectivity index (χ0n) is 48.3. The SMILES string of the molecule is CCCCC(CC)C(=O)O.CCCCC(CC)C(=O)O.CCCCC(CC)C(=O)O.CCCCC(CC)C(=O)O.CCCCC(CC)C(=O)O.CCCCC(CC)C(=O)O.CCCCC(CC)C(=O)O.[Rh].[Rh].[Rh]. The van der Waals surface area contributed by atoms with Crippen molar-refractivity contribution in [1.82, 2.24) is 0 Å². The number of hydrogen-bond donors (Lipinski definition) is 7. The van der Waals surface area contributed by atoms with Crippen LogP contribution in [-0.2, 0) is 92.0 Å². The third-order valence-corrected chi connectivity index (χ3v) is 12.2. The molecule has 0 aromatic carbocycles. The van der Waals surface area contributed by atoms with Gasteiger partial charge in [-0.15, -0.1) is 0 Å². The van der Waals surface area contributed by atoms with Gasteiger partial charge in [-0.05, 0) is 89.9 Å². The Morgan fingerprint density at radius 2 is 0.301 bits per heavy atom. The van der Waals surface area contributed by atoms with Crippen LogP contribution in [0.4, 0.5) is 0 Å². The summed E-state index contributed by atoms with van der Waals surface area (Å²) >= 11 is 0. The van der Waals surface area contributed by atoms with Gasteiger partial charge in [-0.25, -0.2) is 0 Å². The molecule has 3 radical (unpaired) electrons. The molecule has 0 aromatic heterocycles. The van der Waals surface area contributed by atoms with Gasteiger partial charge in [0.25, 0.3) is 0 Å². The number of aliphatic carboxylic acids is 7. The van der Waals surface area contributed by atoms with E-state index in [1.54, 1.807) is 0 Å². The number of unbranched alkanes of at least 4 members (excludes halogenated alkanes) is 7. The normalized spacial score (nSPS) is 12.5. The van der Waals surface area contributed by atoms with Crippen molar-refractivity contribution in [2.24, 2.45) is 41.4 Å². The fourth-order valence-electron chi connectivity index (χ4n) is 6.67. The summed E-state index contributed by atoms with van der Waals surface area (Å²) in [4.78, 5) is 73.1. The van der Waals surface area contributed by atoms with E-state index in [9.17, 15) is 33.6 Å². The van der Waals surface area contributed by atoms with Gasteiger partial charge in [0.15, 0.2) is 0 Å². The molecule has 0 bridgehead atoms. The molecule has 73 heavy (non-hydrogen) atoms. The summed E-state index contributed by atoms with van der Waals surface area (Å²) in [5.41, 5.74) is 0. The van der Waals surface area contributed by atoms with Crippen LogP contribution in [0.1, 0.15) is 277 Å². The van der Waals surface area contributed by atoms with Crippen molar-refractivity contribution < 1.29 is 128 Å². The second-order valence-corrected chi connectivity index (χ2v) is 18.1. The molecule has 14 nitrogen and oxygen atoms in total. The van der Waals surface area contributed by atoms with Crippen molar-refractivity contribution in [3.8, 4) is 0 Å². The van der Waals surface area contributed by atoms with Gasteiger partial charge in [0.2, 0.25) is 0 Å². The Hall–Kier alpha value is -1.84. The third-order valence-electron chi connectivity index (χ3n) is 12.2. The molecule has 0 aliphatic heterocycles. The Balaban J connectivity index is -0.0000000787. The minimum atomic E-state index is -0.643. The topological polar surface area (TPSA) is 261 Å². The smallest absolute Gasteiger partial charge is 0.306 e. The first-order valence-electron chi connectivity index (χ1n) is 27.6. The summed E-state index contributed by atoms with van der Waals surface area (Å²) in [6.07, 6.45) is 26.0. The molecule has 0 fully saturated rings. The van der Waals surface area contributed by atoms with E-state index in [1.807, 2.05) is 48.5 Å². The Kier molecular flexibility index (Phi) is 92.7. The predicted octanol–water partition coefficient (Wildman–Crippen LogP) is 16.0. The molecule has 0 saturated carbocycles. The summed E-state index contributed by atoms with van der Waals surface area (Å²) < 4.78 is 0. The Morgan fingerprint density at radius 3 is 0.342 bits per heavy atom. The van der Waals surface area contributed by atoms with Crippen LogP contribution in [0.3, 0.4) is 0 Å². The zero-order valence-corrected chi connectivity index (χ0v) is 53.2. The fraction of sp³-hybridized carbons (Fsp3) is 0.875. The van der Waals surface area contributed by atoms with E-state index >= 15 is 0 Å². The Labute approximate surface area is 484 Å². The van der Waals surface area contributed by atoms with Crippen molar-refractivity contribution >= 4 is 41.8 Å². The number of carboxylic acid groups (broad SMARTS) is 7. The van der Waals surface area contributed by atoms with Gasteiger partial charge in [0.05, 0.1) is 41.4 Å². The fourth-order valence-corrected chi connectivity index (χ4v) is 6.67. The molecule has 0 aromatic rings.